The second kappa shape index (κ2) is 8.37. The number of hydrogen-bond acceptors (Lipinski definition) is 9. The minimum Gasteiger partial charge on any atom is -0.375 e. The van der Waals surface area contributed by atoms with Crippen molar-refractivity contribution >= 4 is 61.0 Å². The van der Waals surface area contributed by atoms with Gasteiger partial charge in [-0.2, -0.15) is 4.98 Å². The lowest BCUT2D eigenvalue weighted by Crippen LogP contribution is -2.58. The molecule has 8 nitrogen and oxygen atoms in total. The molecule has 3 aliphatic rings. The van der Waals surface area contributed by atoms with Gasteiger partial charge in [0.05, 0.1) is 15.2 Å². The molecule has 0 atom stereocenters. The fraction of sp³-hybridized carbons (Fsp3) is 0.400. The summed E-state index contributed by atoms with van der Waals surface area (Å²) in [4.78, 5) is 18.6. The van der Waals surface area contributed by atoms with Crippen LogP contribution < -0.4 is 26.2 Å². The van der Waals surface area contributed by atoms with Gasteiger partial charge in [-0.3, -0.25) is 0 Å². The van der Waals surface area contributed by atoms with Crippen molar-refractivity contribution in [3.63, 3.8) is 0 Å². The molecule has 11 heteroatoms. The van der Waals surface area contributed by atoms with Crippen LogP contribution in [0.4, 0.5) is 21.3 Å². The highest BCUT2D eigenvalue weighted by molar-refractivity contribution is 7.22. The third kappa shape index (κ3) is 3.50. The quantitative estimate of drug-likeness (QED) is 0.375. The Kier molecular flexibility index (Phi) is 5.21. The van der Waals surface area contributed by atoms with E-state index in [-0.39, 0.29) is 5.41 Å². The number of thiazole rings is 1. The molecule has 0 radical (unpaired) electrons. The first-order chi connectivity index (χ1) is 17.5. The van der Waals surface area contributed by atoms with Crippen molar-refractivity contribution in [3.8, 4) is 11.1 Å². The minimum absolute atomic E-state index is 0.275. The third-order valence-corrected chi connectivity index (χ3v) is 8.79. The molecule has 0 amide bonds. The molecule has 5 heterocycles. The third-order valence-electron chi connectivity index (χ3n) is 7.64. The summed E-state index contributed by atoms with van der Waals surface area (Å²) in [7, 11) is 0. The van der Waals surface area contributed by atoms with E-state index in [9.17, 15) is 0 Å². The van der Waals surface area contributed by atoms with Gasteiger partial charge in [0.25, 0.3) is 0 Å². The van der Waals surface area contributed by atoms with Crippen molar-refractivity contribution < 1.29 is 4.39 Å². The molecule has 1 spiro atoms. The maximum Gasteiger partial charge on any atom is 0.228 e. The van der Waals surface area contributed by atoms with Crippen molar-refractivity contribution in [2.45, 2.75) is 6.42 Å². The second-order valence-electron chi connectivity index (χ2n) is 10.0. The van der Waals surface area contributed by atoms with Gasteiger partial charge in [0.1, 0.15) is 11.3 Å². The van der Waals surface area contributed by atoms with Crippen LogP contribution in [0.15, 0.2) is 24.3 Å². The van der Waals surface area contributed by atoms with Crippen molar-refractivity contribution in [1.82, 2.24) is 25.6 Å². The Bertz CT molecular complexity index is 1490. The number of aromatic nitrogens is 3. The maximum absolute atomic E-state index is 16.5. The van der Waals surface area contributed by atoms with Crippen LogP contribution in [0.1, 0.15) is 6.42 Å². The number of para-hydroxylation sites is 1. The van der Waals surface area contributed by atoms with Crippen molar-refractivity contribution in [3.05, 3.63) is 35.1 Å². The van der Waals surface area contributed by atoms with E-state index in [0.29, 0.717) is 43.6 Å². The van der Waals surface area contributed by atoms with Gasteiger partial charge in [-0.15, -0.1) is 0 Å². The van der Waals surface area contributed by atoms with Crippen LogP contribution in [0, 0.1) is 11.2 Å². The molecule has 2 aromatic heterocycles. The fourth-order valence-corrected chi connectivity index (χ4v) is 6.87. The number of nitrogens with one attached hydrogen (secondary N) is 2. The summed E-state index contributed by atoms with van der Waals surface area (Å²) in [5.41, 5.74) is 8.11. The number of anilines is 3. The number of fused-ring (bicyclic) bond motifs is 2. The van der Waals surface area contributed by atoms with E-state index in [1.54, 1.807) is 0 Å². The van der Waals surface area contributed by atoms with E-state index in [1.165, 1.54) is 11.3 Å². The van der Waals surface area contributed by atoms with E-state index in [4.69, 9.17) is 27.3 Å². The highest BCUT2D eigenvalue weighted by Gasteiger charge is 2.46. The number of nitrogens with two attached hydrogens (primary N) is 1. The van der Waals surface area contributed by atoms with E-state index in [2.05, 4.69) is 25.4 Å². The monoisotopic (exact) mass is 524 g/mol. The van der Waals surface area contributed by atoms with Gasteiger partial charge >= 0.3 is 0 Å². The Morgan fingerprint density at radius 3 is 2.64 bits per heavy atom. The summed E-state index contributed by atoms with van der Waals surface area (Å²) in [5, 5.41) is 8.23. The molecule has 0 saturated carbocycles. The van der Waals surface area contributed by atoms with Gasteiger partial charge in [0.2, 0.25) is 5.95 Å². The molecule has 3 aliphatic heterocycles. The van der Waals surface area contributed by atoms with Crippen molar-refractivity contribution in [1.29, 1.82) is 0 Å². The van der Waals surface area contributed by atoms with Crippen LogP contribution >= 0.6 is 22.9 Å². The summed E-state index contributed by atoms with van der Waals surface area (Å²) in [5.74, 6) is 0.872. The van der Waals surface area contributed by atoms with Gasteiger partial charge in [-0.25, -0.2) is 14.4 Å². The van der Waals surface area contributed by atoms with E-state index in [0.717, 1.165) is 69.3 Å². The Morgan fingerprint density at radius 1 is 1.03 bits per heavy atom. The van der Waals surface area contributed by atoms with Crippen LogP contribution in [0.3, 0.4) is 0 Å². The lowest BCUT2D eigenvalue weighted by atomic mass is 9.79. The molecular weight excluding hydrogens is 499 g/mol. The summed E-state index contributed by atoms with van der Waals surface area (Å²) in [6.07, 6.45) is 1.15. The number of piperazine rings is 1. The Balaban J connectivity index is 1.41. The summed E-state index contributed by atoms with van der Waals surface area (Å²) in [6, 6.07) is 7.45. The van der Waals surface area contributed by atoms with E-state index < -0.39 is 5.82 Å². The van der Waals surface area contributed by atoms with Gasteiger partial charge < -0.3 is 26.2 Å². The first-order valence-electron chi connectivity index (χ1n) is 12.3. The SMILES string of the molecule is Nc1nc2c(-c3c(Cl)cc4c(N5CCNCC5)nc(N5CC6(CCNC6)C5)nc4c3F)cccc2s1. The molecule has 4 N–H and O–H groups in total. The van der Waals surface area contributed by atoms with Gasteiger partial charge in [0.15, 0.2) is 10.9 Å². The number of nitrogens with zero attached hydrogens (tertiary/aromatic N) is 5. The predicted molar refractivity (Wildman–Crippen MR) is 145 cm³/mol. The van der Waals surface area contributed by atoms with Crippen LogP contribution in [-0.2, 0) is 0 Å². The Hall–Kier alpha value is -2.79. The largest absolute Gasteiger partial charge is 0.375 e. The van der Waals surface area contributed by atoms with Crippen LogP contribution in [0.25, 0.3) is 32.2 Å². The standard InChI is InChI=1S/C25H26ClFN8S/c26-16-10-15-21(19(27)18(16)14-2-1-3-17-20(14)31-23(28)36-17)32-24(33-22(15)34-8-6-29-7-9-34)35-12-25(13-35)4-5-30-11-25/h1-3,10,29-30H,4-9,11-13H2,(H2,28,31). The first-order valence-corrected chi connectivity index (χ1v) is 13.5. The highest BCUT2D eigenvalue weighted by atomic mass is 35.5. The number of hydrogen-bond donors (Lipinski definition) is 3. The molecule has 0 aliphatic carbocycles. The van der Waals surface area contributed by atoms with Gasteiger partial charge in [-0.05, 0) is 25.1 Å². The first kappa shape index (κ1) is 22.4. The van der Waals surface area contributed by atoms with E-state index >= 15 is 4.39 Å². The highest BCUT2D eigenvalue weighted by Crippen LogP contribution is 2.43. The molecular formula is C25H26ClFN8S. The molecule has 36 heavy (non-hydrogen) atoms. The lowest BCUT2D eigenvalue weighted by molar-refractivity contribution is 0.240. The number of nitrogen functional groups attached to an aromatic ring is 1. The van der Waals surface area contributed by atoms with Crippen LogP contribution in [0.2, 0.25) is 5.02 Å². The summed E-state index contributed by atoms with van der Waals surface area (Å²) in [6.45, 7) is 7.09. The molecule has 0 bridgehead atoms. The molecule has 3 saturated heterocycles. The van der Waals surface area contributed by atoms with Crippen LogP contribution in [0.5, 0.6) is 0 Å². The van der Waals surface area contributed by atoms with Crippen molar-refractivity contribution in [2.75, 3.05) is 67.9 Å². The number of benzene rings is 2. The number of halogens is 2. The molecule has 3 fully saturated rings. The smallest absolute Gasteiger partial charge is 0.228 e. The zero-order valence-corrected chi connectivity index (χ0v) is 21.2. The van der Waals surface area contributed by atoms with Crippen LogP contribution in [-0.4, -0.2) is 67.3 Å². The molecule has 186 valence electrons. The van der Waals surface area contributed by atoms with Gasteiger partial charge in [0, 0.05) is 67.7 Å². The summed E-state index contributed by atoms with van der Waals surface area (Å²) < 4.78 is 17.4. The average Bonchev–Trinajstić information content (AvgIpc) is 3.50. The average molecular weight is 525 g/mol. The van der Waals surface area contributed by atoms with Gasteiger partial charge in [-0.1, -0.05) is 35.1 Å². The Labute approximate surface area is 216 Å². The zero-order chi connectivity index (χ0) is 24.4. The molecule has 4 aromatic rings. The normalized spacial score (nSPS) is 19.5. The van der Waals surface area contributed by atoms with Crippen molar-refractivity contribution in [2.24, 2.45) is 5.41 Å². The lowest BCUT2D eigenvalue weighted by Gasteiger charge is -2.48. The number of rotatable bonds is 3. The second-order valence-corrected chi connectivity index (χ2v) is 11.5. The summed E-state index contributed by atoms with van der Waals surface area (Å²) >= 11 is 8.16. The molecule has 0 unspecified atom stereocenters. The fourth-order valence-electron chi connectivity index (χ4n) is 5.81. The maximum atomic E-state index is 16.5. The molecule has 2 aromatic carbocycles. The Morgan fingerprint density at radius 2 is 1.86 bits per heavy atom. The topological polar surface area (TPSA) is 95.2 Å². The minimum atomic E-state index is -0.450. The predicted octanol–water partition coefficient (Wildman–Crippen LogP) is 3.49. The van der Waals surface area contributed by atoms with E-state index in [1.807, 2.05) is 24.3 Å². The molecule has 7 rings (SSSR count). The zero-order valence-electron chi connectivity index (χ0n) is 19.7.